The van der Waals surface area contributed by atoms with E-state index < -0.39 is 0 Å². The highest BCUT2D eigenvalue weighted by molar-refractivity contribution is 5.76. The maximum Gasteiger partial charge on any atom is 0.242 e. The van der Waals surface area contributed by atoms with Crippen LogP contribution in [-0.2, 0) is 17.9 Å². The fourth-order valence-electron chi connectivity index (χ4n) is 2.05. The third kappa shape index (κ3) is 2.90. The Labute approximate surface area is 107 Å². The summed E-state index contributed by atoms with van der Waals surface area (Å²) in [7, 11) is 1.90. The molecule has 98 valence electrons. The lowest BCUT2D eigenvalue weighted by Crippen LogP contribution is -2.31. The average molecular weight is 248 g/mol. The van der Waals surface area contributed by atoms with Crippen molar-refractivity contribution in [3.63, 3.8) is 0 Å². The fourth-order valence-corrected chi connectivity index (χ4v) is 2.05. The van der Waals surface area contributed by atoms with Crippen molar-refractivity contribution in [3.8, 4) is 0 Å². The van der Waals surface area contributed by atoms with Crippen LogP contribution in [0.25, 0.3) is 0 Å². The van der Waals surface area contributed by atoms with Crippen LogP contribution >= 0.6 is 0 Å². The van der Waals surface area contributed by atoms with Crippen molar-refractivity contribution in [3.05, 3.63) is 18.2 Å². The number of hydrogen-bond acceptors (Lipinski definition) is 3. The van der Waals surface area contributed by atoms with Crippen LogP contribution in [0.15, 0.2) is 12.5 Å². The predicted molar refractivity (Wildman–Crippen MR) is 67.9 cm³/mol. The lowest BCUT2D eigenvalue weighted by Gasteiger charge is -2.16. The van der Waals surface area contributed by atoms with Crippen molar-refractivity contribution in [1.29, 1.82) is 0 Å². The van der Waals surface area contributed by atoms with Gasteiger partial charge in [0.05, 0.1) is 12.0 Å². The van der Waals surface area contributed by atoms with Crippen molar-refractivity contribution >= 4 is 5.91 Å². The first-order valence-electron chi connectivity index (χ1n) is 6.72. The highest BCUT2D eigenvalue weighted by Crippen LogP contribution is 2.25. The molecule has 3 rings (SSSR count). The first-order valence-corrected chi connectivity index (χ1v) is 6.72. The van der Waals surface area contributed by atoms with Gasteiger partial charge in [-0.05, 0) is 25.7 Å². The molecule has 5 heteroatoms. The van der Waals surface area contributed by atoms with Gasteiger partial charge in [0.2, 0.25) is 5.91 Å². The number of amides is 1. The minimum absolute atomic E-state index is 0.177. The molecule has 5 nitrogen and oxygen atoms in total. The van der Waals surface area contributed by atoms with Crippen LogP contribution < -0.4 is 5.32 Å². The van der Waals surface area contributed by atoms with Crippen molar-refractivity contribution < 1.29 is 4.79 Å². The van der Waals surface area contributed by atoms with E-state index in [1.807, 2.05) is 22.7 Å². The molecule has 0 aliphatic heterocycles. The molecule has 0 atom stereocenters. The summed E-state index contributed by atoms with van der Waals surface area (Å²) in [6.07, 6.45) is 8.60. The second-order valence-corrected chi connectivity index (χ2v) is 5.43. The van der Waals surface area contributed by atoms with Gasteiger partial charge in [-0.15, -0.1) is 0 Å². The summed E-state index contributed by atoms with van der Waals surface area (Å²) in [6.45, 7) is 1.22. The molecule has 1 aromatic rings. The van der Waals surface area contributed by atoms with Gasteiger partial charge in [0, 0.05) is 31.9 Å². The number of nitrogens with zero attached hydrogens (tertiary/aromatic N) is 3. The minimum Gasteiger partial charge on any atom is -0.341 e. The number of hydrogen-bond donors (Lipinski definition) is 1. The number of aromatic nitrogens is 2. The van der Waals surface area contributed by atoms with Crippen LogP contribution in [0.3, 0.4) is 0 Å². The fraction of sp³-hybridized carbons (Fsp3) is 0.692. The molecule has 18 heavy (non-hydrogen) atoms. The van der Waals surface area contributed by atoms with Gasteiger partial charge in [-0.25, -0.2) is 4.98 Å². The van der Waals surface area contributed by atoms with Crippen LogP contribution in [0.5, 0.6) is 0 Å². The van der Waals surface area contributed by atoms with E-state index in [2.05, 4.69) is 10.3 Å². The number of carbonyl (C=O) groups is 1. The molecule has 0 spiro atoms. The van der Waals surface area contributed by atoms with E-state index in [1.54, 1.807) is 6.33 Å². The molecular formula is C13H20N4O. The van der Waals surface area contributed by atoms with Gasteiger partial charge in [-0.2, -0.15) is 0 Å². The molecule has 1 aromatic heterocycles. The maximum absolute atomic E-state index is 11.9. The number of likely N-dealkylation sites (N-methyl/N-ethyl adjacent to an activating group) is 1. The monoisotopic (exact) mass is 248 g/mol. The van der Waals surface area contributed by atoms with Crippen molar-refractivity contribution in [2.24, 2.45) is 0 Å². The van der Waals surface area contributed by atoms with Gasteiger partial charge in [0.25, 0.3) is 0 Å². The first-order chi connectivity index (χ1) is 8.72. The topological polar surface area (TPSA) is 50.2 Å². The van der Waals surface area contributed by atoms with E-state index in [4.69, 9.17) is 0 Å². The van der Waals surface area contributed by atoms with Gasteiger partial charge in [0.15, 0.2) is 0 Å². The highest BCUT2D eigenvalue weighted by Gasteiger charge is 2.29. The van der Waals surface area contributed by atoms with Crippen LogP contribution in [0, 0.1) is 0 Å². The predicted octanol–water partition coefficient (Wildman–Crippen LogP) is 0.756. The zero-order valence-electron chi connectivity index (χ0n) is 10.8. The summed E-state index contributed by atoms with van der Waals surface area (Å²) in [5, 5.41) is 3.42. The Bertz CT molecular complexity index is 434. The second-order valence-electron chi connectivity index (χ2n) is 5.43. The van der Waals surface area contributed by atoms with Gasteiger partial charge in [-0.1, -0.05) is 0 Å². The molecule has 2 aliphatic rings. The van der Waals surface area contributed by atoms with E-state index in [0.29, 0.717) is 18.6 Å². The van der Waals surface area contributed by atoms with Crippen molar-refractivity contribution in [2.75, 3.05) is 7.05 Å². The van der Waals surface area contributed by atoms with E-state index >= 15 is 0 Å². The molecule has 2 aliphatic carbocycles. The summed E-state index contributed by atoms with van der Waals surface area (Å²) >= 11 is 0. The molecule has 1 heterocycles. The Morgan fingerprint density at radius 1 is 1.50 bits per heavy atom. The van der Waals surface area contributed by atoms with Crippen molar-refractivity contribution in [2.45, 2.75) is 50.9 Å². The number of nitrogens with one attached hydrogen (secondary N) is 1. The molecular weight excluding hydrogens is 228 g/mol. The third-order valence-corrected chi connectivity index (χ3v) is 3.64. The summed E-state index contributed by atoms with van der Waals surface area (Å²) in [5.74, 6) is 0.177. The average Bonchev–Trinajstić information content (AvgIpc) is 3.26. The number of imidazole rings is 1. The minimum atomic E-state index is 0.177. The molecule has 0 bridgehead atoms. The summed E-state index contributed by atoms with van der Waals surface area (Å²) in [6, 6.07) is 1.18. The zero-order chi connectivity index (χ0) is 12.5. The van der Waals surface area contributed by atoms with Crippen LogP contribution in [0.2, 0.25) is 0 Å². The summed E-state index contributed by atoms with van der Waals surface area (Å²) in [4.78, 5) is 18.1. The van der Waals surface area contributed by atoms with Crippen LogP contribution in [0.1, 0.15) is 31.4 Å². The molecule has 1 N–H and O–H groups in total. The lowest BCUT2D eigenvalue weighted by atomic mass is 10.4. The summed E-state index contributed by atoms with van der Waals surface area (Å²) in [5.41, 5.74) is 1.02. The Morgan fingerprint density at radius 3 is 2.94 bits per heavy atom. The first kappa shape index (κ1) is 11.7. The standard InChI is InChI=1S/C13H20N4O/c1-16(12-4-5-12)13(18)8-17-7-11(15-9-17)6-14-10-2-3-10/h7,9-10,12,14H,2-6,8H2,1H3. The Hall–Kier alpha value is -1.36. The number of rotatable bonds is 6. The maximum atomic E-state index is 11.9. The SMILES string of the molecule is CN(C(=O)Cn1cnc(CNC2CC2)c1)C1CC1. The van der Waals surface area contributed by atoms with E-state index in [-0.39, 0.29) is 5.91 Å². The molecule has 2 fully saturated rings. The smallest absolute Gasteiger partial charge is 0.242 e. The zero-order valence-corrected chi connectivity index (χ0v) is 10.8. The van der Waals surface area contributed by atoms with E-state index in [9.17, 15) is 4.79 Å². The Balaban J connectivity index is 1.50. The largest absolute Gasteiger partial charge is 0.341 e. The third-order valence-electron chi connectivity index (χ3n) is 3.64. The van der Waals surface area contributed by atoms with Gasteiger partial charge in [0.1, 0.15) is 6.54 Å². The van der Waals surface area contributed by atoms with E-state index in [1.165, 1.54) is 12.8 Å². The highest BCUT2D eigenvalue weighted by atomic mass is 16.2. The van der Waals surface area contributed by atoms with Crippen LogP contribution in [0.4, 0.5) is 0 Å². The molecule has 0 unspecified atom stereocenters. The van der Waals surface area contributed by atoms with Crippen LogP contribution in [-0.4, -0.2) is 39.5 Å². The number of carbonyl (C=O) groups excluding carboxylic acids is 1. The Morgan fingerprint density at radius 2 is 2.28 bits per heavy atom. The lowest BCUT2D eigenvalue weighted by molar-refractivity contribution is -0.131. The molecule has 0 aromatic carbocycles. The van der Waals surface area contributed by atoms with Crippen molar-refractivity contribution in [1.82, 2.24) is 19.8 Å². The molecule has 0 radical (unpaired) electrons. The summed E-state index contributed by atoms with van der Waals surface area (Å²) < 4.78 is 1.88. The quantitative estimate of drug-likeness (QED) is 0.808. The molecule has 1 amide bonds. The van der Waals surface area contributed by atoms with Gasteiger partial charge in [-0.3, -0.25) is 4.79 Å². The second kappa shape index (κ2) is 4.72. The van der Waals surface area contributed by atoms with E-state index in [0.717, 1.165) is 25.1 Å². The molecule has 2 saturated carbocycles. The normalized spacial score (nSPS) is 18.9. The Kier molecular flexibility index (Phi) is 3.07. The van der Waals surface area contributed by atoms with Gasteiger partial charge >= 0.3 is 0 Å². The van der Waals surface area contributed by atoms with Gasteiger partial charge < -0.3 is 14.8 Å². The molecule has 0 saturated heterocycles.